The van der Waals surface area contributed by atoms with Gasteiger partial charge in [0.25, 0.3) is 0 Å². The number of fused-ring (bicyclic) bond motifs is 2. The van der Waals surface area contributed by atoms with Crippen molar-refractivity contribution >= 4 is 21.6 Å². The molecule has 5 nitrogen and oxygen atoms in total. The van der Waals surface area contributed by atoms with Gasteiger partial charge in [-0.25, -0.2) is 13.6 Å². The Morgan fingerprint density at radius 1 is 1.19 bits per heavy atom. The number of benzene rings is 1. The molecule has 0 saturated heterocycles. The number of primary sulfonamides is 1. The molecule has 2 aliphatic rings. The highest BCUT2D eigenvalue weighted by atomic mass is 32.2. The maximum absolute atomic E-state index is 12.1. The minimum absolute atomic E-state index is 0.0101. The summed E-state index contributed by atoms with van der Waals surface area (Å²) in [6.45, 7) is 0. The van der Waals surface area contributed by atoms with Crippen molar-refractivity contribution < 1.29 is 13.2 Å². The van der Waals surface area contributed by atoms with E-state index in [2.05, 4.69) is 5.32 Å². The Labute approximate surface area is 125 Å². The van der Waals surface area contributed by atoms with Gasteiger partial charge < -0.3 is 5.32 Å². The highest BCUT2D eigenvalue weighted by molar-refractivity contribution is 7.89. The number of sulfonamides is 1. The van der Waals surface area contributed by atoms with Gasteiger partial charge in [0.05, 0.1) is 4.90 Å². The topological polar surface area (TPSA) is 89.3 Å². The number of hydrogen-bond donors (Lipinski definition) is 2. The summed E-state index contributed by atoms with van der Waals surface area (Å²) in [7, 11) is -3.69. The highest BCUT2D eigenvalue weighted by Crippen LogP contribution is 2.49. The zero-order valence-electron chi connectivity index (χ0n) is 11.8. The molecule has 2 bridgehead atoms. The fourth-order valence-electron chi connectivity index (χ4n) is 3.80. The fourth-order valence-corrected chi connectivity index (χ4v) is 4.32. The zero-order valence-corrected chi connectivity index (χ0v) is 12.6. The molecule has 3 rings (SSSR count). The van der Waals surface area contributed by atoms with E-state index in [1.54, 1.807) is 12.1 Å². The minimum atomic E-state index is -3.69. The molecule has 0 heterocycles. The normalized spacial score (nSPS) is 27.8. The number of nitrogens with two attached hydrogens (primary N) is 1. The zero-order chi connectivity index (χ0) is 15.0. The van der Waals surface area contributed by atoms with Crippen molar-refractivity contribution in [3.63, 3.8) is 0 Å². The molecule has 0 aliphatic heterocycles. The monoisotopic (exact) mass is 308 g/mol. The summed E-state index contributed by atoms with van der Waals surface area (Å²) in [5.74, 6) is 2.09. The summed E-state index contributed by atoms with van der Waals surface area (Å²) in [6.07, 6.45) is 5.64. The molecule has 1 amide bonds. The summed E-state index contributed by atoms with van der Waals surface area (Å²) < 4.78 is 22.3. The third-order valence-electron chi connectivity index (χ3n) is 4.80. The number of rotatable bonds is 4. The van der Waals surface area contributed by atoms with Gasteiger partial charge in [-0.2, -0.15) is 0 Å². The second-order valence-corrected chi connectivity index (χ2v) is 7.82. The summed E-state index contributed by atoms with van der Waals surface area (Å²) in [5.41, 5.74) is 0.607. The van der Waals surface area contributed by atoms with E-state index in [0.717, 1.165) is 11.8 Å². The van der Waals surface area contributed by atoms with Crippen LogP contribution in [0.5, 0.6) is 0 Å². The van der Waals surface area contributed by atoms with Gasteiger partial charge in [0, 0.05) is 12.1 Å². The second kappa shape index (κ2) is 5.42. The lowest BCUT2D eigenvalue weighted by Gasteiger charge is -2.20. The van der Waals surface area contributed by atoms with Crippen LogP contribution in [0.2, 0.25) is 0 Å². The van der Waals surface area contributed by atoms with E-state index in [-0.39, 0.29) is 10.8 Å². The quantitative estimate of drug-likeness (QED) is 0.892. The third kappa shape index (κ3) is 3.27. The van der Waals surface area contributed by atoms with E-state index in [9.17, 15) is 13.2 Å². The molecule has 3 atom stereocenters. The van der Waals surface area contributed by atoms with Crippen LogP contribution in [-0.4, -0.2) is 14.3 Å². The molecule has 2 aliphatic carbocycles. The molecule has 0 aromatic heterocycles. The van der Waals surface area contributed by atoms with E-state index < -0.39 is 10.0 Å². The number of anilines is 1. The number of carbonyl (C=O) groups excluding carboxylic acids is 1. The number of amides is 1. The van der Waals surface area contributed by atoms with E-state index in [0.29, 0.717) is 18.0 Å². The second-order valence-electron chi connectivity index (χ2n) is 6.26. The summed E-state index contributed by atoms with van der Waals surface area (Å²) in [4.78, 5) is 12.1. The van der Waals surface area contributed by atoms with Gasteiger partial charge in [-0.1, -0.05) is 6.42 Å². The lowest BCUT2D eigenvalue weighted by molar-refractivity contribution is -0.117. The molecule has 3 unspecified atom stereocenters. The van der Waals surface area contributed by atoms with Crippen molar-refractivity contribution in [2.75, 3.05) is 5.32 Å². The number of nitrogens with one attached hydrogen (secondary N) is 1. The average Bonchev–Trinajstić information content (AvgIpc) is 3.00. The Balaban J connectivity index is 1.57. The third-order valence-corrected chi connectivity index (χ3v) is 5.73. The van der Waals surface area contributed by atoms with Crippen molar-refractivity contribution in [2.45, 2.75) is 37.0 Å². The summed E-state index contributed by atoms with van der Waals surface area (Å²) in [5, 5.41) is 7.87. The lowest BCUT2D eigenvalue weighted by atomic mass is 9.86. The van der Waals surface area contributed by atoms with Crippen LogP contribution in [0.15, 0.2) is 29.2 Å². The van der Waals surface area contributed by atoms with Crippen LogP contribution in [0.4, 0.5) is 5.69 Å². The maximum Gasteiger partial charge on any atom is 0.238 e. The molecule has 0 spiro atoms. The van der Waals surface area contributed by atoms with Crippen LogP contribution in [0.3, 0.4) is 0 Å². The van der Waals surface area contributed by atoms with Crippen molar-refractivity contribution in [3.8, 4) is 0 Å². The van der Waals surface area contributed by atoms with Crippen LogP contribution in [0, 0.1) is 17.8 Å². The van der Waals surface area contributed by atoms with Crippen molar-refractivity contribution in [1.82, 2.24) is 0 Å². The molecular formula is C15H20N2O3S. The molecule has 21 heavy (non-hydrogen) atoms. The van der Waals surface area contributed by atoms with Crippen LogP contribution < -0.4 is 10.5 Å². The van der Waals surface area contributed by atoms with E-state index in [1.165, 1.54) is 37.8 Å². The van der Waals surface area contributed by atoms with Crippen LogP contribution in [0.1, 0.15) is 32.1 Å². The standard InChI is InChI=1S/C15H20N2O3S/c16-21(19,20)14-5-3-13(4-6-14)17-15(18)9-12-8-10-1-2-11(12)7-10/h3-6,10-12H,1-2,7-9H2,(H,17,18)(H2,16,19,20). The van der Waals surface area contributed by atoms with Gasteiger partial charge in [0.1, 0.15) is 0 Å². The van der Waals surface area contributed by atoms with Crippen LogP contribution >= 0.6 is 0 Å². The predicted octanol–water partition coefficient (Wildman–Crippen LogP) is 2.10. The van der Waals surface area contributed by atoms with E-state index in [4.69, 9.17) is 5.14 Å². The van der Waals surface area contributed by atoms with Crippen molar-refractivity contribution in [1.29, 1.82) is 0 Å². The predicted molar refractivity (Wildman–Crippen MR) is 80.0 cm³/mol. The first-order valence-electron chi connectivity index (χ1n) is 7.34. The Morgan fingerprint density at radius 2 is 1.90 bits per heavy atom. The first-order chi connectivity index (χ1) is 9.91. The fraction of sp³-hybridized carbons (Fsp3) is 0.533. The molecule has 3 N–H and O–H groups in total. The lowest BCUT2D eigenvalue weighted by Crippen LogP contribution is -2.20. The molecule has 6 heteroatoms. The first kappa shape index (κ1) is 14.5. The Bertz CT molecular complexity index is 639. The molecule has 114 valence electrons. The minimum Gasteiger partial charge on any atom is -0.326 e. The van der Waals surface area contributed by atoms with Gasteiger partial charge in [-0.15, -0.1) is 0 Å². The SMILES string of the molecule is NS(=O)(=O)c1ccc(NC(=O)CC2CC3CCC2C3)cc1. The number of hydrogen-bond acceptors (Lipinski definition) is 3. The summed E-state index contributed by atoms with van der Waals surface area (Å²) in [6, 6.07) is 5.95. The molecule has 1 aromatic carbocycles. The molecule has 1 aromatic rings. The van der Waals surface area contributed by atoms with Gasteiger partial charge in [-0.3, -0.25) is 4.79 Å². The van der Waals surface area contributed by atoms with Crippen LogP contribution in [-0.2, 0) is 14.8 Å². The van der Waals surface area contributed by atoms with Gasteiger partial charge in [-0.05, 0) is 61.3 Å². The van der Waals surface area contributed by atoms with E-state index >= 15 is 0 Å². The van der Waals surface area contributed by atoms with Crippen LogP contribution in [0.25, 0.3) is 0 Å². The molecule has 2 saturated carbocycles. The smallest absolute Gasteiger partial charge is 0.238 e. The Kier molecular flexibility index (Phi) is 3.75. The molecule has 2 fully saturated rings. The first-order valence-corrected chi connectivity index (χ1v) is 8.89. The largest absolute Gasteiger partial charge is 0.326 e. The Morgan fingerprint density at radius 3 is 2.43 bits per heavy atom. The summed E-state index contributed by atoms with van der Waals surface area (Å²) >= 11 is 0. The molecular weight excluding hydrogens is 288 g/mol. The molecule has 0 radical (unpaired) electrons. The van der Waals surface area contributed by atoms with E-state index in [1.807, 2.05) is 0 Å². The van der Waals surface area contributed by atoms with Gasteiger partial charge >= 0.3 is 0 Å². The highest BCUT2D eigenvalue weighted by Gasteiger charge is 2.40. The van der Waals surface area contributed by atoms with Gasteiger partial charge in [0.2, 0.25) is 15.9 Å². The number of carbonyl (C=O) groups is 1. The maximum atomic E-state index is 12.1. The van der Waals surface area contributed by atoms with Crippen molar-refractivity contribution in [2.24, 2.45) is 22.9 Å². The van der Waals surface area contributed by atoms with Gasteiger partial charge in [0.15, 0.2) is 0 Å². The Hall–Kier alpha value is -1.40. The van der Waals surface area contributed by atoms with Crippen molar-refractivity contribution in [3.05, 3.63) is 24.3 Å². The average molecular weight is 308 g/mol.